The number of rotatable bonds is 4. The quantitative estimate of drug-likeness (QED) is 0.493. The Labute approximate surface area is 132 Å². The summed E-state index contributed by atoms with van der Waals surface area (Å²) in [6.07, 6.45) is 1.90. The molecule has 2 heterocycles. The van der Waals surface area contributed by atoms with Gasteiger partial charge in [-0.1, -0.05) is 5.16 Å². The molecular formula is C12H9ClFIN4O. The van der Waals surface area contributed by atoms with E-state index in [0.29, 0.717) is 28.3 Å². The highest BCUT2D eigenvalue weighted by atomic mass is 127. The highest BCUT2D eigenvalue weighted by molar-refractivity contribution is 14.1. The van der Waals surface area contributed by atoms with Crippen LogP contribution in [-0.2, 0) is 18.8 Å². The van der Waals surface area contributed by atoms with Crippen molar-refractivity contribution in [3.8, 4) is 0 Å². The molecule has 2 aromatic heterocycles. The van der Waals surface area contributed by atoms with Gasteiger partial charge in [-0.2, -0.15) is 4.98 Å². The molecule has 0 radical (unpaired) electrons. The van der Waals surface area contributed by atoms with E-state index in [9.17, 15) is 4.39 Å². The van der Waals surface area contributed by atoms with Gasteiger partial charge in [0.15, 0.2) is 6.33 Å². The van der Waals surface area contributed by atoms with Crippen molar-refractivity contribution >= 4 is 45.2 Å². The Kier molecular flexibility index (Phi) is 3.88. The van der Waals surface area contributed by atoms with Crippen molar-refractivity contribution in [1.82, 2.24) is 19.7 Å². The lowest BCUT2D eigenvalue weighted by molar-refractivity contribution is 0.371. The summed E-state index contributed by atoms with van der Waals surface area (Å²) in [5.74, 6) is 1.22. The summed E-state index contributed by atoms with van der Waals surface area (Å²) in [5, 5.41) is 3.55. The van der Waals surface area contributed by atoms with E-state index < -0.39 is 0 Å². The number of halogens is 3. The fourth-order valence-electron chi connectivity index (χ4n) is 2.04. The molecule has 3 rings (SSSR count). The molecule has 20 heavy (non-hydrogen) atoms. The minimum absolute atomic E-state index is 0.261. The maximum atomic E-state index is 13.7. The molecule has 0 fully saturated rings. The molecule has 0 aliphatic carbocycles. The Bertz CT molecular complexity index is 744. The van der Waals surface area contributed by atoms with Crippen LogP contribution in [0.4, 0.5) is 4.39 Å². The van der Waals surface area contributed by atoms with Crippen LogP contribution >= 0.6 is 34.2 Å². The standard InChI is InChI=1S/C12H9ClFIN4O/c13-5-11-18-9-4-8(15)7(14)3-10(9)19(11)2-1-12-16-6-17-20-12/h3-4,6H,1-2,5H2. The number of alkyl halides is 1. The summed E-state index contributed by atoms with van der Waals surface area (Å²) in [6, 6.07) is 3.19. The summed E-state index contributed by atoms with van der Waals surface area (Å²) in [5.41, 5.74) is 1.45. The lowest BCUT2D eigenvalue weighted by atomic mass is 10.3. The third kappa shape index (κ3) is 2.51. The predicted octanol–water partition coefficient (Wildman–Crippen LogP) is 3.14. The van der Waals surface area contributed by atoms with Crippen LogP contribution in [0.5, 0.6) is 0 Å². The van der Waals surface area contributed by atoms with Gasteiger partial charge >= 0.3 is 0 Å². The van der Waals surface area contributed by atoms with Crippen molar-refractivity contribution in [3.05, 3.63) is 39.6 Å². The lowest BCUT2D eigenvalue weighted by Gasteiger charge is -2.06. The summed E-state index contributed by atoms with van der Waals surface area (Å²) < 4.78 is 21.1. The van der Waals surface area contributed by atoms with Gasteiger partial charge in [0, 0.05) is 19.0 Å². The molecule has 1 aromatic carbocycles. The first kappa shape index (κ1) is 13.7. The maximum Gasteiger partial charge on any atom is 0.228 e. The van der Waals surface area contributed by atoms with E-state index in [0.717, 1.165) is 11.0 Å². The molecule has 0 amide bonds. The number of benzene rings is 1. The third-order valence-electron chi connectivity index (χ3n) is 2.95. The number of hydrogen-bond acceptors (Lipinski definition) is 4. The smallest absolute Gasteiger partial charge is 0.228 e. The second kappa shape index (κ2) is 5.65. The van der Waals surface area contributed by atoms with Gasteiger partial charge in [0.2, 0.25) is 5.89 Å². The normalized spacial score (nSPS) is 11.3. The second-order valence-electron chi connectivity index (χ2n) is 4.15. The molecule has 0 saturated carbocycles. The first-order chi connectivity index (χ1) is 9.69. The van der Waals surface area contributed by atoms with E-state index in [1.165, 1.54) is 12.4 Å². The van der Waals surface area contributed by atoms with Crippen LogP contribution in [0.2, 0.25) is 0 Å². The fourth-order valence-corrected chi connectivity index (χ4v) is 2.69. The Morgan fingerprint density at radius 3 is 2.95 bits per heavy atom. The SMILES string of the molecule is Fc1cc2c(cc1I)nc(CCl)n2CCc1ncno1. The number of nitrogens with zero attached hydrogens (tertiary/aromatic N) is 4. The van der Waals surface area contributed by atoms with E-state index in [-0.39, 0.29) is 11.7 Å². The first-order valence-corrected chi connectivity index (χ1v) is 7.46. The van der Waals surface area contributed by atoms with Crippen molar-refractivity contribution in [2.24, 2.45) is 0 Å². The van der Waals surface area contributed by atoms with Crippen LogP contribution in [-0.4, -0.2) is 19.7 Å². The zero-order valence-electron chi connectivity index (χ0n) is 10.2. The van der Waals surface area contributed by atoms with Crippen molar-refractivity contribution < 1.29 is 8.91 Å². The predicted molar refractivity (Wildman–Crippen MR) is 80.0 cm³/mol. The molecule has 0 aliphatic heterocycles. The van der Waals surface area contributed by atoms with Gasteiger partial charge in [0.25, 0.3) is 0 Å². The molecule has 0 N–H and O–H groups in total. The third-order valence-corrected chi connectivity index (χ3v) is 4.01. The largest absolute Gasteiger partial charge is 0.340 e. The first-order valence-electron chi connectivity index (χ1n) is 5.84. The molecule has 0 bridgehead atoms. The monoisotopic (exact) mass is 406 g/mol. The van der Waals surface area contributed by atoms with Crippen LogP contribution in [0.15, 0.2) is 23.0 Å². The number of fused-ring (bicyclic) bond motifs is 1. The molecule has 5 nitrogen and oxygen atoms in total. The molecule has 0 saturated heterocycles. The van der Waals surface area contributed by atoms with Crippen molar-refractivity contribution in [1.29, 1.82) is 0 Å². The Morgan fingerprint density at radius 2 is 2.25 bits per heavy atom. The van der Waals surface area contributed by atoms with Gasteiger partial charge in [0.1, 0.15) is 11.6 Å². The van der Waals surface area contributed by atoms with E-state index in [1.54, 1.807) is 6.07 Å². The van der Waals surface area contributed by atoms with Crippen LogP contribution in [0, 0.1) is 9.39 Å². The van der Waals surface area contributed by atoms with E-state index >= 15 is 0 Å². The highest BCUT2D eigenvalue weighted by Gasteiger charge is 2.13. The molecular weight excluding hydrogens is 398 g/mol. The Morgan fingerprint density at radius 1 is 1.40 bits per heavy atom. The summed E-state index contributed by atoms with van der Waals surface area (Å²) >= 11 is 7.86. The molecule has 0 spiro atoms. The van der Waals surface area contributed by atoms with Crippen LogP contribution in [0.3, 0.4) is 0 Å². The number of hydrogen-bond donors (Lipinski definition) is 0. The number of imidazole rings is 1. The summed E-state index contributed by atoms with van der Waals surface area (Å²) in [6.45, 7) is 0.556. The topological polar surface area (TPSA) is 56.7 Å². The second-order valence-corrected chi connectivity index (χ2v) is 5.58. The average Bonchev–Trinajstić information content (AvgIpc) is 3.05. The zero-order valence-corrected chi connectivity index (χ0v) is 13.1. The molecule has 8 heteroatoms. The molecule has 3 aromatic rings. The Balaban J connectivity index is 2.01. The number of aromatic nitrogens is 4. The van der Waals surface area contributed by atoms with Crippen LogP contribution in [0.25, 0.3) is 11.0 Å². The minimum Gasteiger partial charge on any atom is -0.340 e. The van der Waals surface area contributed by atoms with Gasteiger partial charge in [0.05, 0.1) is 20.5 Å². The highest BCUT2D eigenvalue weighted by Crippen LogP contribution is 2.23. The summed E-state index contributed by atoms with van der Waals surface area (Å²) in [7, 11) is 0. The van der Waals surface area contributed by atoms with Gasteiger partial charge in [-0.05, 0) is 28.7 Å². The maximum absolute atomic E-state index is 13.7. The lowest BCUT2D eigenvalue weighted by Crippen LogP contribution is -2.05. The van der Waals surface area contributed by atoms with Crippen LogP contribution < -0.4 is 0 Å². The molecule has 0 unspecified atom stereocenters. The van der Waals surface area contributed by atoms with E-state index in [4.69, 9.17) is 16.1 Å². The van der Waals surface area contributed by atoms with Crippen molar-refractivity contribution in [2.75, 3.05) is 0 Å². The van der Waals surface area contributed by atoms with Gasteiger partial charge < -0.3 is 9.09 Å². The summed E-state index contributed by atoms with van der Waals surface area (Å²) in [4.78, 5) is 8.39. The number of aryl methyl sites for hydroxylation is 2. The minimum atomic E-state index is -0.266. The van der Waals surface area contributed by atoms with Crippen molar-refractivity contribution in [2.45, 2.75) is 18.8 Å². The van der Waals surface area contributed by atoms with E-state index in [2.05, 4.69) is 15.1 Å². The Hall–Kier alpha value is -1.22. The molecule has 104 valence electrons. The molecule has 0 atom stereocenters. The van der Waals surface area contributed by atoms with Crippen molar-refractivity contribution in [3.63, 3.8) is 0 Å². The molecule has 0 aliphatic rings. The van der Waals surface area contributed by atoms with Gasteiger partial charge in [-0.3, -0.25) is 0 Å². The average molecular weight is 407 g/mol. The van der Waals surface area contributed by atoms with Crippen LogP contribution in [0.1, 0.15) is 11.7 Å². The fraction of sp³-hybridized carbons (Fsp3) is 0.250. The van der Waals surface area contributed by atoms with Gasteiger partial charge in [-0.25, -0.2) is 9.37 Å². The zero-order chi connectivity index (χ0) is 14.1. The van der Waals surface area contributed by atoms with E-state index in [1.807, 2.05) is 27.2 Å². The van der Waals surface area contributed by atoms with Gasteiger partial charge in [-0.15, -0.1) is 11.6 Å².